The van der Waals surface area contributed by atoms with Crippen molar-refractivity contribution in [2.24, 2.45) is 5.92 Å². The minimum atomic E-state index is -0.495. The number of amides is 3. The van der Waals surface area contributed by atoms with E-state index in [-0.39, 0.29) is 23.5 Å². The van der Waals surface area contributed by atoms with E-state index in [1.54, 1.807) is 18.2 Å². The highest BCUT2D eigenvalue weighted by atomic mass is 16.2. The average molecular weight is 470 g/mol. The van der Waals surface area contributed by atoms with Gasteiger partial charge < -0.3 is 5.32 Å². The van der Waals surface area contributed by atoms with Crippen LogP contribution in [-0.2, 0) is 14.4 Å². The van der Waals surface area contributed by atoms with Gasteiger partial charge >= 0.3 is 0 Å². The highest BCUT2D eigenvalue weighted by Crippen LogP contribution is 2.17. The Bertz CT molecular complexity index is 1110. The number of nitriles is 1. The molecule has 3 amide bonds. The number of carbonyl (C=O) groups is 4. The molecule has 0 bridgehead atoms. The van der Waals surface area contributed by atoms with Gasteiger partial charge in [-0.2, -0.15) is 5.26 Å². The van der Waals surface area contributed by atoms with Gasteiger partial charge in [0.2, 0.25) is 5.91 Å². The summed E-state index contributed by atoms with van der Waals surface area (Å²) in [5.41, 5.74) is 1.77. The third-order valence-electron chi connectivity index (χ3n) is 4.91. The molecule has 2 aromatic rings. The van der Waals surface area contributed by atoms with E-state index in [0.717, 1.165) is 18.4 Å². The van der Waals surface area contributed by atoms with Gasteiger partial charge in [0.15, 0.2) is 5.78 Å². The van der Waals surface area contributed by atoms with E-state index in [9.17, 15) is 19.2 Å². The number of rotatable bonds is 4. The van der Waals surface area contributed by atoms with Crippen molar-refractivity contribution in [3.8, 4) is 6.07 Å². The zero-order valence-electron chi connectivity index (χ0n) is 19.2. The Morgan fingerprint density at radius 3 is 2.09 bits per heavy atom. The summed E-state index contributed by atoms with van der Waals surface area (Å²) in [6.07, 6.45) is 11.9. The van der Waals surface area contributed by atoms with Crippen molar-refractivity contribution in [2.75, 3.05) is 6.54 Å². The lowest BCUT2D eigenvalue weighted by molar-refractivity contribution is -0.124. The van der Waals surface area contributed by atoms with Crippen molar-refractivity contribution < 1.29 is 19.2 Å². The van der Waals surface area contributed by atoms with Crippen molar-refractivity contribution >= 4 is 29.6 Å². The van der Waals surface area contributed by atoms with Gasteiger partial charge in [0.25, 0.3) is 11.8 Å². The van der Waals surface area contributed by atoms with Crippen LogP contribution >= 0.6 is 0 Å². The van der Waals surface area contributed by atoms with Crippen LogP contribution in [0.2, 0.25) is 0 Å². The van der Waals surface area contributed by atoms with E-state index < -0.39 is 5.92 Å². The van der Waals surface area contributed by atoms with Crippen LogP contribution in [0.5, 0.6) is 0 Å². The third kappa shape index (κ3) is 10.3. The molecule has 4 rings (SSSR count). The summed E-state index contributed by atoms with van der Waals surface area (Å²) in [6.45, 7) is 0.692. The number of allylic oxidation sites excluding steroid dienone is 3. The zero-order chi connectivity index (χ0) is 25.3. The summed E-state index contributed by atoms with van der Waals surface area (Å²) < 4.78 is 0. The van der Waals surface area contributed by atoms with Gasteiger partial charge in [-0.3, -0.25) is 24.5 Å². The van der Waals surface area contributed by atoms with Crippen LogP contribution < -0.4 is 10.6 Å². The van der Waals surface area contributed by atoms with Gasteiger partial charge in [-0.15, -0.1) is 0 Å². The van der Waals surface area contributed by atoms with Crippen molar-refractivity contribution in [1.82, 2.24) is 10.6 Å². The first kappa shape index (κ1) is 26.7. The van der Waals surface area contributed by atoms with Crippen LogP contribution in [-0.4, -0.2) is 30.0 Å². The zero-order valence-corrected chi connectivity index (χ0v) is 19.2. The molecule has 178 valence electrons. The quantitative estimate of drug-likeness (QED) is 0.233. The number of nitrogens with one attached hydrogen (secondary N) is 2. The molecule has 0 saturated carbocycles. The van der Waals surface area contributed by atoms with E-state index in [1.807, 2.05) is 72.1 Å². The summed E-state index contributed by atoms with van der Waals surface area (Å²) in [7, 11) is 0. The minimum absolute atomic E-state index is 0.0556. The Labute approximate surface area is 204 Å². The second kappa shape index (κ2) is 15.3. The average Bonchev–Trinajstić information content (AvgIpc) is 3.14. The smallest absolute Gasteiger partial charge is 0.250 e. The lowest BCUT2D eigenvalue weighted by Gasteiger charge is -2.11. The number of hydrogen-bond donors (Lipinski definition) is 2. The SMILES string of the molecule is N#CC=CC=Cc1ccccc1.O=C1C=CC(=O)N1.O=C1NCCCCC1C(=O)c1ccccc1. The summed E-state index contributed by atoms with van der Waals surface area (Å²) >= 11 is 0. The molecule has 1 saturated heterocycles. The fourth-order valence-electron chi connectivity index (χ4n) is 3.18. The Kier molecular flexibility index (Phi) is 11.7. The third-order valence-corrected chi connectivity index (χ3v) is 4.91. The molecule has 7 heteroatoms. The topological polar surface area (TPSA) is 116 Å². The molecular weight excluding hydrogens is 442 g/mol. The molecular formula is C28H27N3O4. The number of hydrogen-bond acceptors (Lipinski definition) is 5. The maximum Gasteiger partial charge on any atom is 0.250 e. The Hall–Kier alpha value is -4.57. The summed E-state index contributed by atoms with van der Waals surface area (Å²) in [4.78, 5) is 43.9. The largest absolute Gasteiger partial charge is 0.355 e. The molecule has 7 nitrogen and oxygen atoms in total. The fourth-order valence-corrected chi connectivity index (χ4v) is 3.18. The Morgan fingerprint density at radius 2 is 1.51 bits per heavy atom. The Morgan fingerprint density at radius 1 is 0.886 bits per heavy atom. The minimum Gasteiger partial charge on any atom is -0.355 e. The molecule has 2 heterocycles. The van der Waals surface area contributed by atoms with Crippen LogP contribution in [0.15, 0.2) is 91.0 Å². The molecule has 0 radical (unpaired) electrons. The molecule has 2 aliphatic rings. The molecule has 2 aromatic carbocycles. The number of Topliss-reactive ketones (excluding diaryl/α,β-unsaturated/α-hetero) is 1. The molecule has 35 heavy (non-hydrogen) atoms. The second-order valence-corrected chi connectivity index (χ2v) is 7.51. The van der Waals surface area contributed by atoms with Gasteiger partial charge in [0.05, 0.1) is 6.07 Å². The standard InChI is InChI=1S/C13H15NO2.C11H9N.C4H3NO2/c15-12(10-6-2-1-3-7-10)11-8-4-5-9-14-13(11)16;12-10-6-2-5-9-11-7-3-1-4-8-11;6-3-1-2-4(7)5-3/h1-3,6-7,11H,4-5,8-9H2,(H,14,16);1-9H;1-2H,(H,5,6,7). The fraction of sp³-hybridized carbons (Fsp3) is 0.179. The van der Waals surface area contributed by atoms with Gasteiger partial charge in [0.1, 0.15) is 5.92 Å². The van der Waals surface area contributed by atoms with Crippen molar-refractivity contribution in [1.29, 1.82) is 5.26 Å². The number of imide groups is 1. The monoisotopic (exact) mass is 469 g/mol. The van der Waals surface area contributed by atoms with Gasteiger partial charge in [0, 0.05) is 30.3 Å². The first-order chi connectivity index (χ1) is 17.0. The maximum absolute atomic E-state index is 12.1. The molecule has 1 fully saturated rings. The number of benzene rings is 2. The van der Waals surface area contributed by atoms with Gasteiger partial charge in [-0.05, 0) is 18.4 Å². The van der Waals surface area contributed by atoms with Crippen LogP contribution in [0.1, 0.15) is 35.2 Å². The van der Waals surface area contributed by atoms with E-state index >= 15 is 0 Å². The molecule has 0 aromatic heterocycles. The molecule has 0 spiro atoms. The van der Waals surface area contributed by atoms with Crippen molar-refractivity contribution in [3.05, 3.63) is 102 Å². The van der Waals surface area contributed by atoms with Gasteiger partial charge in [-0.25, -0.2) is 0 Å². The first-order valence-corrected chi connectivity index (χ1v) is 11.2. The van der Waals surface area contributed by atoms with Crippen LogP contribution in [0.3, 0.4) is 0 Å². The lowest BCUT2D eigenvalue weighted by atomic mass is 9.93. The molecule has 2 aliphatic heterocycles. The lowest BCUT2D eigenvalue weighted by Crippen LogP contribution is -2.33. The first-order valence-electron chi connectivity index (χ1n) is 11.2. The number of nitrogens with zero attached hydrogens (tertiary/aromatic N) is 1. The predicted octanol–water partition coefficient (Wildman–Crippen LogP) is 3.76. The highest BCUT2D eigenvalue weighted by molar-refractivity contribution is 6.12. The highest BCUT2D eigenvalue weighted by Gasteiger charge is 2.28. The van der Waals surface area contributed by atoms with Gasteiger partial charge in [-0.1, -0.05) is 85.3 Å². The van der Waals surface area contributed by atoms with Crippen LogP contribution in [0, 0.1) is 17.2 Å². The second-order valence-electron chi connectivity index (χ2n) is 7.51. The number of ketones is 1. The van der Waals surface area contributed by atoms with Crippen LogP contribution in [0.25, 0.3) is 6.08 Å². The van der Waals surface area contributed by atoms with E-state index in [4.69, 9.17) is 5.26 Å². The molecule has 1 atom stereocenters. The molecule has 1 unspecified atom stereocenters. The van der Waals surface area contributed by atoms with Crippen molar-refractivity contribution in [2.45, 2.75) is 19.3 Å². The normalized spacial score (nSPS) is 16.8. The summed E-state index contributed by atoms with van der Waals surface area (Å²) in [5, 5.41) is 13.0. The summed E-state index contributed by atoms with van der Waals surface area (Å²) in [5.74, 6) is -1.33. The van der Waals surface area contributed by atoms with E-state index in [2.05, 4.69) is 5.32 Å². The number of carbonyl (C=O) groups excluding carboxylic acids is 4. The van der Waals surface area contributed by atoms with Crippen molar-refractivity contribution in [3.63, 3.8) is 0 Å². The maximum atomic E-state index is 12.1. The Balaban J connectivity index is 0.000000200. The predicted molar refractivity (Wildman–Crippen MR) is 134 cm³/mol. The summed E-state index contributed by atoms with van der Waals surface area (Å²) in [6, 6.07) is 20.9. The van der Waals surface area contributed by atoms with E-state index in [0.29, 0.717) is 18.5 Å². The molecule has 0 aliphatic carbocycles. The van der Waals surface area contributed by atoms with Crippen LogP contribution in [0.4, 0.5) is 0 Å². The van der Waals surface area contributed by atoms with E-state index in [1.165, 1.54) is 18.2 Å². The molecule has 2 N–H and O–H groups in total.